The summed E-state index contributed by atoms with van der Waals surface area (Å²) in [5.41, 5.74) is 7.09. The Bertz CT molecular complexity index is 519. The Hall–Kier alpha value is -2.37. The molecule has 2 rings (SSSR count). The van der Waals surface area contributed by atoms with Crippen molar-refractivity contribution in [3.05, 3.63) is 36.2 Å². The third-order valence-corrected chi connectivity index (χ3v) is 1.98. The second-order valence-electron chi connectivity index (χ2n) is 3.36. The molecular formula is C10H11N5O. The van der Waals surface area contributed by atoms with Crippen molar-refractivity contribution in [2.24, 2.45) is 7.05 Å². The summed E-state index contributed by atoms with van der Waals surface area (Å²) >= 11 is 0. The van der Waals surface area contributed by atoms with E-state index < -0.39 is 0 Å². The number of benzene rings is 1. The van der Waals surface area contributed by atoms with Crippen LogP contribution in [0.5, 0.6) is 0 Å². The first-order valence-electron chi connectivity index (χ1n) is 4.68. The molecule has 2 aromatic rings. The number of hydrogen-bond donors (Lipinski definition) is 2. The van der Waals surface area contributed by atoms with Gasteiger partial charge in [-0.05, 0) is 18.2 Å². The van der Waals surface area contributed by atoms with Crippen LogP contribution in [-0.2, 0) is 7.05 Å². The lowest BCUT2D eigenvalue weighted by molar-refractivity contribution is 0.102. The van der Waals surface area contributed by atoms with Crippen LogP contribution in [-0.4, -0.2) is 20.9 Å². The highest BCUT2D eigenvalue weighted by atomic mass is 16.2. The van der Waals surface area contributed by atoms with E-state index in [0.717, 1.165) is 0 Å². The molecule has 0 aliphatic carbocycles. The lowest BCUT2D eigenvalue weighted by Crippen LogP contribution is -2.12. The Labute approximate surface area is 92.1 Å². The largest absolute Gasteiger partial charge is 0.399 e. The van der Waals surface area contributed by atoms with Crippen LogP contribution in [0.15, 0.2) is 30.5 Å². The highest BCUT2D eigenvalue weighted by Gasteiger charge is 2.09. The number of aryl methyl sites for hydroxylation is 1. The second-order valence-corrected chi connectivity index (χ2v) is 3.36. The number of nitrogen functional groups attached to an aromatic ring is 1. The maximum Gasteiger partial charge on any atom is 0.277 e. The Morgan fingerprint density at radius 1 is 1.50 bits per heavy atom. The van der Waals surface area contributed by atoms with E-state index in [2.05, 4.69) is 15.6 Å². The smallest absolute Gasteiger partial charge is 0.277 e. The van der Waals surface area contributed by atoms with Gasteiger partial charge in [-0.15, -0.1) is 5.10 Å². The molecule has 0 spiro atoms. The van der Waals surface area contributed by atoms with E-state index in [1.165, 1.54) is 4.68 Å². The van der Waals surface area contributed by atoms with Crippen molar-refractivity contribution in [3.63, 3.8) is 0 Å². The molecule has 0 saturated carbocycles. The van der Waals surface area contributed by atoms with E-state index >= 15 is 0 Å². The molecule has 1 aromatic carbocycles. The quantitative estimate of drug-likeness (QED) is 0.723. The third-order valence-electron chi connectivity index (χ3n) is 1.98. The van der Waals surface area contributed by atoms with Gasteiger partial charge in [-0.3, -0.25) is 9.48 Å². The first-order valence-corrected chi connectivity index (χ1v) is 4.68. The number of aromatic nitrogens is 3. The van der Waals surface area contributed by atoms with E-state index in [1.54, 1.807) is 37.5 Å². The van der Waals surface area contributed by atoms with Crippen LogP contribution in [0.1, 0.15) is 10.5 Å². The van der Waals surface area contributed by atoms with Crippen LogP contribution in [0, 0.1) is 0 Å². The standard InChI is InChI=1S/C10H11N5O/c1-15-6-9(13-14-15)10(16)12-8-4-2-3-7(11)5-8/h2-6H,11H2,1H3,(H,12,16). The molecule has 1 aromatic heterocycles. The summed E-state index contributed by atoms with van der Waals surface area (Å²) in [7, 11) is 1.70. The molecule has 0 aliphatic rings. The van der Waals surface area contributed by atoms with Gasteiger partial charge in [0, 0.05) is 18.4 Å². The molecule has 0 atom stereocenters. The van der Waals surface area contributed by atoms with Crippen molar-refractivity contribution in [2.45, 2.75) is 0 Å². The Morgan fingerprint density at radius 2 is 2.31 bits per heavy atom. The molecule has 6 nitrogen and oxygen atoms in total. The number of nitrogens with one attached hydrogen (secondary N) is 1. The minimum absolute atomic E-state index is 0.268. The average molecular weight is 217 g/mol. The number of rotatable bonds is 2. The highest BCUT2D eigenvalue weighted by Crippen LogP contribution is 2.12. The molecule has 0 fully saturated rings. The minimum atomic E-state index is -0.307. The van der Waals surface area contributed by atoms with Crippen LogP contribution in [0.3, 0.4) is 0 Å². The predicted molar refractivity (Wildman–Crippen MR) is 59.8 cm³/mol. The van der Waals surface area contributed by atoms with Gasteiger partial charge in [0.2, 0.25) is 0 Å². The number of nitrogens with zero attached hydrogens (tertiary/aromatic N) is 3. The van der Waals surface area contributed by atoms with Gasteiger partial charge in [-0.25, -0.2) is 0 Å². The third kappa shape index (κ3) is 2.17. The SMILES string of the molecule is Cn1cc(C(=O)Nc2cccc(N)c2)nn1. The maximum absolute atomic E-state index is 11.7. The van der Waals surface area contributed by atoms with Crippen LogP contribution < -0.4 is 11.1 Å². The molecule has 0 saturated heterocycles. The summed E-state index contributed by atoms with van der Waals surface area (Å²) in [4.78, 5) is 11.7. The lowest BCUT2D eigenvalue weighted by atomic mass is 10.3. The molecule has 16 heavy (non-hydrogen) atoms. The zero-order valence-electron chi connectivity index (χ0n) is 8.71. The number of carbonyl (C=O) groups excluding carboxylic acids is 1. The molecule has 6 heteroatoms. The Kier molecular flexibility index (Phi) is 2.55. The Balaban J connectivity index is 2.13. The van der Waals surface area contributed by atoms with E-state index in [4.69, 9.17) is 5.73 Å². The van der Waals surface area contributed by atoms with Crippen LogP contribution in [0.25, 0.3) is 0 Å². The molecule has 3 N–H and O–H groups in total. The van der Waals surface area contributed by atoms with Gasteiger partial charge in [0.25, 0.3) is 5.91 Å². The molecular weight excluding hydrogens is 206 g/mol. The van der Waals surface area contributed by atoms with Crippen molar-refractivity contribution >= 4 is 17.3 Å². The number of anilines is 2. The van der Waals surface area contributed by atoms with Gasteiger partial charge in [-0.2, -0.15) is 0 Å². The van der Waals surface area contributed by atoms with Crippen molar-refractivity contribution in [3.8, 4) is 0 Å². The van der Waals surface area contributed by atoms with Crippen molar-refractivity contribution in [1.82, 2.24) is 15.0 Å². The summed E-state index contributed by atoms with van der Waals surface area (Å²) in [6.07, 6.45) is 1.54. The normalized spacial score (nSPS) is 10.1. The molecule has 82 valence electrons. The van der Waals surface area contributed by atoms with Gasteiger partial charge < -0.3 is 11.1 Å². The number of amides is 1. The molecule has 1 heterocycles. The lowest BCUT2D eigenvalue weighted by Gasteiger charge is -2.02. The summed E-state index contributed by atoms with van der Waals surface area (Å²) in [5, 5.41) is 10.1. The summed E-state index contributed by atoms with van der Waals surface area (Å²) in [5.74, 6) is -0.307. The second kappa shape index (κ2) is 4.01. The van der Waals surface area contributed by atoms with Gasteiger partial charge in [0.1, 0.15) is 0 Å². The zero-order valence-corrected chi connectivity index (χ0v) is 8.71. The van der Waals surface area contributed by atoms with Crippen molar-refractivity contribution in [1.29, 1.82) is 0 Å². The summed E-state index contributed by atoms with van der Waals surface area (Å²) < 4.78 is 1.47. The molecule has 0 bridgehead atoms. The Morgan fingerprint density at radius 3 is 2.94 bits per heavy atom. The fourth-order valence-corrected chi connectivity index (χ4v) is 1.26. The monoisotopic (exact) mass is 217 g/mol. The molecule has 1 amide bonds. The molecule has 0 radical (unpaired) electrons. The number of nitrogens with two attached hydrogens (primary N) is 1. The summed E-state index contributed by atoms with van der Waals surface area (Å²) in [6.45, 7) is 0. The van der Waals surface area contributed by atoms with E-state index in [9.17, 15) is 4.79 Å². The van der Waals surface area contributed by atoms with Crippen LogP contribution in [0.4, 0.5) is 11.4 Å². The van der Waals surface area contributed by atoms with E-state index in [-0.39, 0.29) is 11.6 Å². The predicted octanol–water partition coefficient (Wildman–Crippen LogP) is 0.650. The average Bonchev–Trinajstić information content (AvgIpc) is 2.65. The van der Waals surface area contributed by atoms with Crippen LogP contribution >= 0.6 is 0 Å². The van der Waals surface area contributed by atoms with Gasteiger partial charge in [0.05, 0.1) is 6.20 Å². The fourth-order valence-electron chi connectivity index (χ4n) is 1.26. The topological polar surface area (TPSA) is 85.8 Å². The number of hydrogen-bond acceptors (Lipinski definition) is 4. The van der Waals surface area contributed by atoms with Crippen LogP contribution in [0.2, 0.25) is 0 Å². The summed E-state index contributed by atoms with van der Waals surface area (Å²) in [6, 6.07) is 6.94. The van der Waals surface area contributed by atoms with E-state index in [1.807, 2.05) is 0 Å². The van der Waals surface area contributed by atoms with Crippen molar-refractivity contribution < 1.29 is 4.79 Å². The highest BCUT2D eigenvalue weighted by molar-refractivity contribution is 6.02. The first-order chi connectivity index (χ1) is 7.65. The van der Waals surface area contributed by atoms with Gasteiger partial charge in [-0.1, -0.05) is 11.3 Å². The van der Waals surface area contributed by atoms with E-state index in [0.29, 0.717) is 11.4 Å². The number of carbonyl (C=O) groups is 1. The minimum Gasteiger partial charge on any atom is -0.399 e. The fraction of sp³-hybridized carbons (Fsp3) is 0.100. The van der Waals surface area contributed by atoms with Crippen molar-refractivity contribution in [2.75, 3.05) is 11.1 Å². The molecule has 0 aliphatic heterocycles. The first kappa shape index (κ1) is 10.2. The zero-order chi connectivity index (χ0) is 11.5. The van der Waals surface area contributed by atoms with Gasteiger partial charge >= 0.3 is 0 Å². The maximum atomic E-state index is 11.7. The van der Waals surface area contributed by atoms with Gasteiger partial charge in [0.15, 0.2) is 5.69 Å². The molecule has 0 unspecified atom stereocenters.